The van der Waals surface area contributed by atoms with Crippen molar-refractivity contribution in [1.82, 2.24) is 4.72 Å². The van der Waals surface area contributed by atoms with Gasteiger partial charge in [-0.05, 0) is 12.2 Å². The maximum atomic E-state index is 11.1. The van der Waals surface area contributed by atoms with Crippen molar-refractivity contribution in [2.45, 2.75) is 32.3 Å². The molecule has 0 amide bonds. The second-order valence-electron chi connectivity index (χ2n) is 4.25. The van der Waals surface area contributed by atoms with E-state index in [0.717, 1.165) is 6.26 Å². The molecule has 1 aliphatic rings. The van der Waals surface area contributed by atoms with Gasteiger partial charge in [0.25, 0.3) is 0 Å². The predicted molar refractivity (Wildman–Crippen MR) is 68.0 cm³/mol. The molecule has 0 aromatic rings. The Morgan fingerprint density at radius 1 is 1.25 bits per heavy atom. The van der Waals surface area contributed by atoms with Crippen LogP contribution in [-0.2, 0) is 33.8 Å². The van der Waals surface area contributed by atoms with Gasteiger partial charge in [-0.15, -0.1) is 0 Å². The molecule has 9 heteroatoms. The molecule has 1 aliphatic heterocycles. The highest BCUT2D eigenvalue weighted by molar-refractivity contribution is 7.88. The number of hydrogen-bond donors (Lipinski definition) is 1. The zero-order chi connectivity index (χ0) is 15.3. The van der Waals surface area contributed by atoms with Gasteiger partial charge in [-0.3, -0.25) is 9.59 Å². The van der Waals surface area contributed by atoms with Gasteiger partial charge in [0, 0.05) is 13.8 Å². The summed E-state index contributed by atoms with van der Waals surface area (Å²) in [6.07, 6.45) is 1.46. The maximum absolute atomic E-state index is 11.1. The van der Waals surface area contributed by atoms with E-state index in [1.807, 2.05) is 0 Å². The van der Waals surface area contributed by atoms with Crippen LogP contribution in [0.5, 0.6) is 0 Å². The van der Waals surface area contributed by atoms with Gasteiger partial charge in [-0.25, -0.2) is 8.42 Å². The van der Waals surface area contributed by atoms with Gasteiger partial charge in [0.1, 0.15) is 25.0 Å². The van der Waals surface area contributed by atoms with Crippen LogP contribution >= 0.6 is 0 Å². The third kappa shape index (κ3) is 6.13. The molecule has 0 radical (unpaired) electrons. The molecule has 0 unspecified atom stereocenters. The Morgan fingerprint density at radius 3 is 2.40 bits per heavy atom. The van der Waals surface area contributed by atoms with Crippen molar-refractivity contribution < 1.29 is 32.2 Å². The summed E-state index contributed by atoms with van der Waals surface area (Å²) in [5, 5.41) is 0. The van der Waals surface area contributed by atoms with Crippen LogP contribution in [0.25, 0.3) is 0 Å². The van der Waals surface area contributed by atoms with E-state index in [-0.39, 0.29) is 6.61 Å². The van der Waals surface area contributed by atoms with Gasteiger partial charge in [-0.2, -0.15) is 4.72 Å². The highest BCUT2D eigenvalue weighted by Crippen LogP contribution is 2.16. The molecular formula is C11H17NO7S. The highest BCUT2D eigenvalue weighted by Gasteiger charge is 2.31. The van der Waals surface area contributed by atoms with Crippen LogP contribution < -0.4 is 4.72 Å². The Morgan fingerprint density at radius 2 is 1.90 bits per heavy atom. The lowest BCUT2D eigenvalue weighted by molar-refractivity contribution is -0.163. The van der Waals surface area contributed by atoms with Crippen LogP contribution in [0.1, 0.15) is 13.8 Å². The molecule has 1 heterocycles. The SMILES string of the molecule is CC(=O)OC[C@H]1O[C@H](NS(C)(=O)=O)C=C[C@H]1OC(C)=O. The molecule has 0 bridgehead atoms. The fourth-order valence-corrected chi connectivity index (χ4v) is 2.12. The van der Waals surface area contributed by atoms with E-state index in [0.29, 0.717) is 0 Å². The van der Waals surface area contributed by atoms with Crippen molar-refractivity contribution in [3.8, 4) is 0 Å². The molecule has 0 saturated carbocycles. The van der Waals surface area contributed by atoms with Gasteiger partial charge >= 0.3 is 11.9 Å². The number of esters is 2. The summed E-state index contributed by atoms with van der Waals surface area (Å²) in [6, 6.07) is 0. The molecule has 8 nitrogen and oxygen atoms in total. The second kappa shape index (κ2) is 6.82. The Balaban J connectivity index is 2.76. The largest absolute Gasteiger partial charge is 0.463 e. The van der Waals surface area contributed by atoms with Crippen molar-refractivity contribution >= 4 is 22.0 Å². The molecule has 3 atom stereocenters. The van der Waals surface area contributed by atoms with Crippen LogP contribution in [0.3, 0.4) is 0 Å². The summed E-state index contributed by atoms with van der Waals surface area (Å²) in [5.41, 5.74) is 0. The van der Waals surface area contributed by atoms with Gasteiger partial charge < -0.3 is 14.2 Å². The first-order valence-electron chi connectivity index (χ1n) is 5.79. The molecule has 114 valence electrons. The lowest BCUT2D eigenvalue weighted by Crippen LogP contribution is -2.47. The Hall–Kier alpha value is -1.45. The van der Waals surface area contributed by atoms with Crippen molar-refractivity contribution in [2.24, 2.45) is 0 Å². The van der Waals surface area contributed by atoms with E-state index < -0.39 is 40.4 Å². The average Bonchev–Trinajstić information content (AvgIpc) is 2.26. The summed E-state index contributed by atoms with van der Waals surface area (Å²) >= 11 is 0. The standard InChI is InChI=1S/C11H17NO7S/c1-7(13)17-6-10-9(18-8(2)14)4-5-11(19-10)12-20(3,15)16/h4-5,9-12H,6H2,1-3H3/t9-,10-,11+/m1/s1. The summed E-state index contributed by atoms with van der Waals surface area (Å²) in [6.45, 7) is 2.31. The lowest BCUT2D eigenvalue weighted by Gasteiger charge is -2.31. The minimum Gasteiger partial charge on any atom is -0.463 e. The minimum absolute atomic E-state index is 0.153. The second-order valence-corrected chi connectivity index (χ2v) is 6.03. The first-order chi connectivity index (χ1) is 9.17. The third-order valence-electron chi connectivity index (χ3n) is 2.25. The molecule has 0 aliphatic carbocycles. The van der Waals surface area contributed by atoms with Crippen LogP contribution in [-0.4, -0.2) is 51.7 Å². The van der Waals surface area contributed by atoms with Crippen LogP contribution in [0, 0.1) is 0 Å². The Kier molecular flexibility index (Phi) is 5.66. The van der Waals surface area contributed by atoms with E-state index in [1.54, 1.807) is 0 Å². The molecule has 1 rings (SSSR count). The van der Waals surface area contributed by atoms with Crippen molar-refractivity contribution in [1.29, 1.82) is 0 Å². The minimum atomic E-state index is -3.46. The van der Waals surface area contributed by atoms with Gasteiger partial charge in [0.05, 0.1) is 6.26 Å². The number of carbonyl (C=O) groups is 2. The zero-order valence-electron chi connectivity index (χ0n) is 11.4. The average molecular weight is 307 g/mol. The molecular weight excluding hydrogens is 290 g/mol. The number of ether oxygens (including phenoxy) is 3. The van der Waals surface area contributed by atoms with Crippen LogP contribution in [0.15, 0.2) is 12.2 Å². The number of rotatable bonds is 5. The molecule has 0 spiro atoms. The topological polar surface area (TPSA) is 108 Å². The Labute approximate surface area is 117 Å². The van der Waals surface area contributed by atoms with Crippen LogP contribution in [0.2, 0.25) is 0 Å². The molecule has 0 fully saturated rings. The summed E-state index contributed by atoms with van der Waals surface area (Å²) < 4.78 is 39.7. The molecule has 1 N–H and O–H groups in total. The predicted octanol–water partition coefficient (Wildman–Crippen LogP) is -0.688. The third-order valence-corrected chi connectivity index (χ3v) is 2.91. The molecule has 20 heavy (non-hydrogen) atoms. The number of nitrogens with one attached hydrogen (secondary N) is 1. The molecule has 0 saturated heterocycles. The smallest absolute Gasteiger partial charge is 0.303 e. The number of carbonyl (C=O) groups excluding carboxylic acids is 2. The lowest BCUT2D eigenvalue weighted by atomic mass is 10.1. The first-order valence-corrected chi connectivity index (χ1v) is 7.68. The highest BCUT2D eigenvalue weighted by atomic mass is 32.2. The first kappa shape index (κ1) is 16.6. The van der Waals surface area contributed by atoms with Gasteiger partial charge in [0.2, 0.25) is 10.0 Å². The maximum Gasteiger partial charge on any atom is 0.303 e. The fraction of sp³-hybridized carbons (Fsp3) is 0.636. The van der Waals surface area contributed by atoms with E-state index in [9.17, 15) is 18.0 Å². The van der Waals surface area contributed by atoms with Gasteiger partial charge in [-0.1, -0.05) is 0 Å². The fourth-order valence-electron chi connectivity index (χ4n) is 1.56. The zero-order valence-corrected chi connectivity index (χ0v) is 12.2. The summed E-state index contributed by atoms with van der Waals surface area (Å²) in [4.78, 5) is 21.8. The van der Waals surface area contributed by atoms with E-state index in [2.05, 4.69) is 4.72 Å². The quantitative estimate of drug-likeness (QED) is 0.529. The van der Waals surface area contributed by atoms with Gasteiger partial charge in [0.15, 0.2) is 0 Å². The number of hydrogen-bond acceptors (Lipinski definition) is 7. The molecule has 0 aromatic carbocycles. The van der Waals surface area contributed by atoms with E-state index in [1.165, 1.54) is 26.0 Å². The van der Waals surface area contributed by atoms with E-state index in [4.69, 9.17) is 14.2 Å². The normalized spacial score (nSPS) is 26.1. The summed E-state index contributed by atoms with van der Waals surface area (Å²) in [7, 11) is -3.46. The van der Waals surface area contributed by atoms with Crippen molar-refractivity contribution in [3.05, 3.63) is 12.2 Å². The van der Waals surface area contributed by atoms with Crippen LogP contribution in [0.4, 0.5) is 0 Å². The number of sulfonamides is 1. The Bertz CT molecular complexity index is 499. The summed E-state index contributed by atoms with van der Waals surface area (Å²) in [5.74, 6) is -1.04. The van der Waals surface area contributed by atoms with Crippen molar-refractivity contribution in [2.75, 3.05) is 12.9 Å². The monoisotopic (exact) mass is 307 g/mol. The van der Waals surface area contributed by atoms with E-state index >= 15 is 0 Å². The molecule has 0 aromatic heterocycles. The van der Waals surface area contributed by atoms with Crippen molar-refractivity contribution in [3.63, 3.8) is 0 Å².